The maximum Gasteiger partial charge on any atom is 0.159 e. The molecule has 0 aromatic carbocycles. The summed E-state index contributed by atoms with van der Waals surface area (Å²) in [5.74, 6) is 0.505. The Labute approximate surface area is 69.9 Å². The summed E-state index contributed by atoms with van der Waals surface area (Å²) in [6.45, 7) is 4.36. The van der Waals surface area contributed by atoms with Crippen LogP contribution < -0.4 is 0 Å². The van der Waals surface area contributed by atoms with Crippen molar-refractivity contribution in [2.45, 2.75) is 39.4 Å². The molecule has 1 atom stereocenters. The quantitative estimate of drug-likeness (QED) is 0.556. The van der Waals surface area contributed by atoms with Crippen LogP contribution in [0.1, 0.15) is 33.1 Å². The van der Waals surface area contributed by atoms with Gasteiger partial charge in [0.15, 0.2) is 6.29 Å². The summed E-state index contributed by atoms with van der Waals surface area (Å²) < 4.78 is 10.3. The lowest BCUT2D eigenvalue weighted by Gasteiger charge is -2.20. The molecule has 1 unspecified atom stereocenters. The minimum Gasteiger partial charge on any atom is -0.356 e. The SMILES string of the molecule is CCCCC(C)C(OC)OC. The van der Waals surface area contributed by atoms with Gasteiger partial charge in [0.05, 0.1) is 0 Å². The zero-order valence-electron chi connectivity index (χ0n) is 8.09. The summed E-state index contributed by atoms with van der Waals surface area (Å²) in [7, 11) is 3.38. The van der Waals surface area contributed by atoms with E-state index in [4.69, 9.17) is 9.47 Å². The number of methoxy groups -OCH3 is 2. The molecular weight excluding hydrogens is 140 g/mol. The molecule has 0 fully saturated rings. The molecule has 0 radical (unpaired) electrons. The molecule has 0 rings (SSSR count). The average molecular weight is 160 g/mol. The number of rotatable bonds is 6. The Balaban J connectivity index is 3.51. The maximum atomic E-state index is 5.14. The van der Waals surface area contributed by atoms with Crippen molar-refractivity contribution in [3.63, 3.8) is 0 Å². The fourth-order valence-electron chi connectivity index (χ4n) is 1.22. The molecule has 0 aromatic rings. The molecular formula is C9H20O2. The first-order valence-electron chi connectivity index (χ1n) is 4.31. The van der Waals surface area contributed by atoms with E-state index in [1.165, 1.54) is 19.3 Å². The lowest BCUT2D eigenvalue weighted by Crippen LogP contribution is -2.22. The van der Waals surface area contributed by atoms with Crippen molar-refractivity contribution in [2.75, 3.05) is 14.2 Å². The number of ether oxygens (including phenoxy) is 2. The Morgan fingerprint density at radius 2 is 1.73 bits per heavy atom. The van der Waals surface area contributed by atoms with Gasteiger partial charge in [-0.1, -0.05) is 26.7 Å². The van der Waals surface area contributed by atoms with Gasteiger partial charge in [-0.3, -0.25) is 0 Å². The molecule has 0 N–H and O–H groups in total. The molecule has 0 aliphatic rings. The van der Waals surface area contributed by atoms with Crippen LogP contribution >= 0.6 is 0 Å². The summed E-state index contributed by atoms with van der Waals surface area (Å²) in [5.41, 5.74) is 0. The molecule has 68 valence electrons. The van der Waals surface area contributed by atoms with Gasteiger partial charge in [-0.05, 0) is 6.42 Å². The smallest absolute Gasteiger partial charge is 0.159 e. The van der Waals surface area contributed by atoms with Crippen molar-refractivity contribution in [3.8, 4) is 0 Å². The van der Waals surface area contributed by atoms with E-state index in [1.54, 1.807) is 14.2 Å². The molecule has 0 spiro atoms. The highest BCUT2D eigenvalue weighted by molar-refractivity contribution is 4.56. The third-order valence-electron chi connectivity index (χ3n) is 1.94. The van der Waals surface area contributed by atoms with Gasteiger partial charge in [0, 0.05) is 20.1 Å². The normalized spacial score (nSPS) is 13.9. The number of hydrogen-bond acceptors (Lipinski definition) is 2. The highest BCUT2D eigenvalue weighted by Crippen LogP contribution is 2.14. The number of hydrogen-bond donors (Lipinski definition) is 0. The van der Waals surface area contributed by atoms with Crippen LogP contribution in [0.3, 0.4) is 0 Å². The van der Waals surface area contributed by atoms with Crippen LogP contribution in [-0.4, -0.2) is 20.5 Å². The van der Waals surface area contributed by atoms with Gasteiger partial charge in [0.1, 0.15) is 0 Å². The highest BCUT2D eigenvalue weighted by atomic mass is 16.7. The zero-order valence-corrected chi connectivity index (χ0v) is 8.09. The predicted molar refractivity (Wildman–Crippen MR) is 46.5 cm³/mol. The first kappa shape index (κ1) is 10.9. The van der Waals surface area contributed by atoms with E-state index in [0.29, 0.717) is 5.92 Å². The second-order valence-corrected chi connectivity index (χ2v) is 2.96. The summed E-state index contributed by atoms with van der Waals surface area (Å²) >= 11 is 0. The van der Waals surface area contributed by atoms with E-state index in [-0.39, 0.29) is 6.29 Å². The Bertz CT molecular complexity index is 79.6. The third-order valence-corrected chi connectivity index (χ3v) is 1.94. The van der Waals surface area contributed by atoms with Gasteiger partial charge in [-0.15, -0.1) is 0 Å². The summed E-state index contributed by atoms with van der Waals surface area (Å²) in [4.78, 5) is 0. The van der Waals surface area contributed by atoms with Crippen molar-refractivity contribution < 1.29 is 9.47 Å². The lowest BCUT2D eigenvalue weighted by atomic mass is 10.0. The van der Waals surface area contributed by atoms with E-state index < -0.39 is 0 Å². The van der Waals surface area contributed by atoms with E-state index in [0.717, 1.165) is 0 Å². The highest BCUT2D eigenvalue weighted by Gasteiger charge is 2.14. The molecule has 0 aliphatic heterocycles. The van der Waals surface area contributed by atoms with Crippen LogP contribution in [-0.2, 0) is 9.47 Å². The van der Waals surface area contributed by atoms with E-state index >= 15 is 0 Å². The van der Waals surface area contributed by atoms with Crippen LogP contribution in [0.5, 0.6) is 0 Å². The third kappa shape index (κ3) is 4.38. The molecule has 0 heterocycles. The average Bonchev–Trinajstić information content (AvgIpc) is 2.03. The Hall–Kier alpha value is -0.0800. The molecule has 11 heavy (non-hydrogen) atoms. The molecule has 2 nitrogen and oxygen atoms in total. The molecule has 0 aromatic heterocycles. The molecule has 0 amide bonds. The summed E-state index contributed by atoms with van der Waals surface area (Å²) in [6.07, 6.45) is 3.65. The molecule has 0 saturated carbocycles. The Morgan fingerprint density at radius 3 is 2.09 bits per heavy atom. The van der Waals surface area contributed by atoms with Gasteiger partial charge in [-0.25, -0.2) is 0 Å². The Morgan fingerprint density at radius 1 is 1.18 bits per heavy atom. The zero-order chi connectivity index (χ0) is 8.69. The second-order valence-electron chi connectivity index (χ2n) is 2.96. The fraction of sp³-hybridized carbons (Fsp3) is 1.00. The van der Waals surface area contributed by atoms with Crippen LogP contribution in [0.25, 0.3) is 0 Å². The van der Waals surface area contributed by atoms with Gasteiger partial charge in [0.25, 0.3) is 0 Å². The van der Waals surface area contributed by atoms with Gasteiger partial charge >= 0.3 is 0 Å². The minimum absolute atomic E-state index is 0.0263. The van der Waals surface area contributed by atoms with Crippen LogP contribution in [0.4, 0.5) is 0 Å². The van der Waals surface area contributed by atoms with Crippen molar-refractivity contribution in [2.24, 2.45) is 5.92 Å². The monoisotopic (exact) mass is 160 g/mol. The Kier molecular flexibility index (Phi) is 6.57. The first-order chi connectivity index (χ1) is 5.26. The van der Waals surface area contributed by atoms with Crippen molar-refractivity contribution >= 4 is 0 Å². The lowest BCUT2D eigenvalue weighted by molar-refractivity contribution is -0.134. The van der Waals surface area contributed by atoms with Gasteiger partial charge in [0.2, 0.25) is 0 Å². The summed E-state index contributed by atoms with van der Waals surface area (Å²) in [5, 5.41) is 0. The predicted octanol–water partition coefficient (Wildman–Crippen LogP) is 2.43. The molecule has 0 saturated heterocycles. The van der Waals surface area contributed by atoms with Crippen molar-refractivity contribution in [1.82, 2.24) is 0 Å². The topological polar surface area (TPSA) is 18.5 Å². The molecule has 0 bridgehead atoms. The van der Waals surface area contributed by atoms with Crippen molar-refractivity contribution in [1.29, 1.82) is 0 Å². The van der Waals surface area contributed by atoms with Gasteiger partial charge < -0.3 is 9.47 Å². The first-order valence-corrected chi connectivity index (χ1v) is 4.31. The second kappa shape index (κ2) is 6.62. The van der Waals surface area contributed by atoms with Crippen LogP contribution in [0, 0.1) is 5.92 Å². The fourth-order valence-corrected chi connectivity index (χ4v) is 1.22. The number of unbranched alkanes of at least 4 members (excludes halogenated alkanes) is 1. The van der Waals surface area contributed by atoms with Crippen LogP contribution in [0.15, 0.2) is 0 Å². The summed E-state index contributed by atoms with van der Waals surface area (Å²) in [6, 6.07) is 0. The largest absolute Gasteiger partial charge is 0.356 e. The van der Waals surface area contributed by atoms with Gasteiger partial charge in [-0.2, -0.15) is 0 Å². The molecule has 2 heteroatoms. The van der Waals surface area contributed by atoms with Crippen molar-refractivity contribution in [3.05, 3.63) is 0 Å². The standard InChI is InChI=1S/C9H20O2/c1-5-6-7-8(2)9(10-3)11-4/h8-9H,5-7H2,1-4H3. The van der Waals surface area contributed by atoms with Crippen LogP contribution in [0.2, 0.25) is 0 Å². The minimum atomic E-state index is -0.0263. The molecule has 0 aliphatic carbocycles. The van der Waals surface area contributed by atoms with E-state index in [9.17, 15) is 0 Å². The maximum absolute atomic E-state index is 5.14. The van der Waals surface area contributed by atoms with E-state index in [1.807, 2.05) is 0 Å². The van der Waals surface area contributed by atoms with E-state index in [2.05, 4.69) is 13.8 Å².